The summed E-state index contributed by atoms with van der Waals surface area (Å²) in [6, 6.07) is 10.3. The Bertz CT molecular complexity index is 1130. The van der Waals surface area contributed by atoms with E-state index in [4.69, 9.17) is 23.2 Å². The third-order valence-corrected chi connectivity index (χ3v) is 7.50. The lowest BCUT2D eigenvalue weighted by atomic mass is 9.52. The van der Waals surface area contributed by atoms with E-state index in [-0.39, 0.29) is 57.4 Å². The van der Waals surface area contributed by atoms with Gasteiger partial charge in [0.25, 0.3) is 5.91 Å². The molecule has 3 N–H and O–H groups in total. The maximum atomic E-state index is 12.6. The summed E-state index contributed by atoms with van der Waals surface area (Å²) < 4.78 is 0. The second-order valence-corrected chi connectivity index (χ2v) is 10.3. The average Bonchev–Trinajstić information content (AvgIpc) is 2.76. The molecule has 2 amide bonds. The molecule has 186 valence electrons. The molecule has 3 atom stereocenters. The summed E-state index contributed by atoms with van der Waals surface area (Å²) in [6.07, 6.45) is 0.895. The molecule has 0 heterocycles. The fourth-order valence-corrected chi connectivity index (χ4v) is 5.17. The van der Waals surface area contributed by atoms with Crippen LogP contribution in [0.4, 0.5) is 5.69 Å². The molecule has 3 unspecified atom stereocenters. The lowest BCUT2D eigenvalue weighted by Gasteiger charge is -2.51. The standard InChI is InChI=1S/C26H28Cl2N2O5/c1-14(31)18-12-16(26(18,2)3)13-22(32)30-21(25(34)35)11-15-7-9-17(10-8-15)29-24(33)23-19(27)5-4-6-20(23)28/h4-10,16,18,21H,11-13H2,1-3H3,(H,29,33)(H,30,32)(H,34,35). The van der Waals surface area contributed by atoms with Crippen molar-refractivity contribution in [2.45, 2.75) is 46.1 Å². The van der Waals surface area contributed by atoms with Gasteiger partial charge in [-0.1, -0.05) is 55.2 Å². The third-order valence-electron chi connectivity index (χ3n) is 6.87. The first kappa shape index (κ1) is 26.7. The Morgan fingerprint density at radius 1 is 1.06 bits per heavy atom. The van der Waals surface area contributed by atoms with Gasteiger partial charge in [0.2, 0.25) is 5.91 Å². The number of rotatable bonds is 9. The Hall–Kier alpha value is -2.90. The second kappa shape index (κ2) is 10.8. The fourth-order valence-electron chi connectivity index (χ4n) is 4.60. The highest BCUT2D eigenvalue weighted by molar-refractivity contribution is 6.40. The van der Waals surface area contributed by atoms with E-state index in [0.29, 0.717) is 17.7 Å². The van der Waals surface area contributed by atoms with Gasteiger partial charge in [-0.15, -0.1) is 0 Å². The summed E-state index contributed by atoms with van der Waals surface area (Å²) >= 11 is 12.1. The van der Waals surface area contributed by atoms with E-state index < -0.39 is 17.9 Å². The number of carboxylic acid groups (broad SMARTS) is 1. The molecule has 0 radical (unpaired) electrons. The highest BCUT2D eigenvalue weighted by Gasteiger charge is 2.50. The summed E-state index contributed by atoms with van der Waals surface area (Å²) in [5.74, 6) is -1.87. The summed E-state index contributed by atoms with van der Waals surface area (Å²) in [7, 11) is 0. The van der Waals surface area contributed by atoms with Crippen LogP contribution in [0.1, 0.15) is 49.5 Å². The number of amides is 2. The summed E-state index contributed by atoms with van der Waals surface area (Å²) in [5, 5.41) is 15.4. The predicted molar refractivity (Wildman–Crippen MR) is 135 cm³/mol. The molecule has 2 aromatic carbocycles. The van der Waals surface area contributed by atoms with E-state index in [1.54, 1.807) is 49.4 Å². The molecule has 0 aromatic heterocycles. The number of benzene rings is 2. The first-order valence-corrected chi connectivity index (χ1v) is 12.0. The second-order valence-electron chi connectivity index (χ2n) is 9.53. The minimum absolute atomic E-state index is 0.0281. The molecule has 1 saturated carbocycles. The molecule has 9 heteroatoms. The van der Waals surface area contributed by atoms with E-state index in [9.17, 15) is 24.3 Å². The van der Waals surface area contributed by atoms with E-state index in [0.717, 1.165) is 0 Å². The zero-order chi connectivity index (χ0) is 25.9. The maximum Gasteiger partial charge on any atom is 0.326 e. The number of aliphatic carboxylic acids is 1. The van der Waals surface area contributed by atoms with Crippen molar-refractivity contribution in [1.29, 1.82) is 0 Å². The normalized spacial score (nSPS) is 19.2. The Balaban J connectivity index is 1.58. The van der Waals surface area contributed by atoms with Crippen molar-refractivity contribution in [1.82, 2.24) is 5.32 Å². The number of Topliss-reactive ketones (excluding diaryl/α,β-unsaturated/α-hetero) is 1. The molecule has 0 saturated heterocycles. The molecule has 7 nitrogen and oxygen atoms in total. The van der Waals surface area contributed by atoms with Crippen LogP contribution in [0.5, 0.6) is 0 Å². The predicted octanol–water partition coefficient (Wildman–Crippen LogP) is 5.00. The van der Waals surface area contributed by atoms with Crippen LogP contribution in [0.2, 0.25) is 10.0 Å². The van der Waals surface area contributed by atoms with Gasteiger partial charge in [0, 0.05) is 24.4 Å². The molecule has 1 aliphatic carbocycles. The number of carbonyl (C=O) groups excluding carboxylic acids is 3. The molecular weight excluding hydrogens is 491 g/mol. The van der Waals surface area contributed by atoms with Crippen LogP contribution in [0.15, 0.2) is 42.5 Å². The number of carboxylic acids is 1. The van der Waals surface area contributed by atoms with Gasteiger partial charge in [0.1, 0.15) is 11.8 Å². The van der Waals surface area contributed by atoms with Gasteiger partial charge < -0.3 is 15.7 Å². The van der Waals surface area contributed by atoms with Crippen molar-refractivity contribution >= 4 is 52.5 Å². The Morgan fingerprint density at radius 2 is 1.66 bits per heavy atom. The van der Waals surface area contributed by atoms with Crippen LogP contribution in [-0.4, -0.2) is 34.7 Å². The molecule has 0 aliphatic heterocycles. The van der Waals surface area contributed by atoms with Gasteiger partial charge in [0.05, 0.1) is 15.6 Å². The lowest BCUT2D eigenvalue weighted by molar-refractivity contribution is -0.144. The highest BCUT2D eigenvalue weighted by Crippen LogP contribution is 2.53. The third kappa shape index (κ3) is 6.21. The minimum Gasteiger partial charge on any atom is -0.480 e. The number of ketones is 1. The van der Waals surface area contributed by atoms with Gasteiger partial charge in [-0.05, 0) is 54.5 Å². The van der Waals surface area contributed by atoms with Gasteiger partial charge in [-0.25, -0.2) is 4.79 Å². The summed E-state index contributed by atoms with van der Waals surface area (Å²) in [4.78, 5) is 48.6. The first-order valence-electron chi connectivity index (χ1n) is 11.3. The zero-order valence-corrected chi connectivity index (χ0v) is 21.2. The number of carbonyl (C=O) groups is 4. The number of hydrogen-bond acceptors (Lipinski definition) is 4. The van der Waals surface area contributed by atoms with Crippen molar-refractivity contribution in [2.24, 2.45) is 17.3 Å². The molecule has 0 spiro atoms. The van der Waals surface area contributed by atoms with Crippen LogP contribution in [-0.2, 0) is 20.8 Å². The smallest absolute Gasteiger partial charge is 0.326 e. The maximum absolute atomic E-state index is 12.6. The minimum atomic E-state index is -1.14. The van der Waals surface area contributed by atoms with Crippen LogP contribution < -0.4 is 10.6 Å². The monoisotopic (exact) mass is 518 g/mol. The number of anilines is 1. The number of nitrogens with one attached hydrogen (secondary N) is 2. The lowest BCUT2D eigenvalue weighted by Crippen LogP contribution is -2.51. The van der Waals surface area contributed by atoms with Crippen molar-refractivity contribution in [3.05, 3.63) is 63.6 Å². The Labute approximate surface area is 214 Å². The van der Waals surface area contributed by atoms with Crippen molar-refractivity contribution in [3.8, 4) is 0 Å². The van der Waals surface area contributed by atoms with Crippen LogP contribution in [0.25, 0.3) is 0 Å². The first-order chi connectivity index (χ1) is 16.4. The Morgan fingerprint density at radius 3 is 2.17 bits per heavy atom. The molecule has 2 aromatic rings. The van der Waals surface area contributed by atoms with Crippen LogP contribution in [0, 0.1) is 17.3 Å². The largest absolute Gasteiger partial charge is 0.480 e. The van der Waals surface area contributed by atoms with Crippen LogP contribution >= 0.6 is 23.2 Å². The Kier molecular flexibility index (Phi) is 8.23. The number of hydrogen-bond donors (Lipinski definition) is 3. The van der Waals surface area contributed by atoms with Gasteiger partial charge in [-0.2, -0.15) is 0 Å². The van der Waals surface area contributed by atoms with Crippen molar-refractivity contribution in [3.63, 3.8) is 0 Å². The molecule has 1 fully saturated rings. The molecule has 0 bridgehead atoms. The van der Waals surface area contributed by atoms with Crippen molar-refractivity contribution < 1.29 is 24.3 Å². The topological polar surface area (TPSA) is 113 Å². The molecule has 3 rings (SSSR count). The van der Waals surface area contributed by atoms with E-state index in [1.165, 1.54) is 0 Å². The molecule has 35 heavy (non-hydrogen) atoms. The quantitative estimate of drug-likeness (QED) is 0.432. The fraction of sp³-hybridized carbons (Fsp3) is 0.385. The molecular formula is C26H28Cl2N2O5. The SMILES string of the molecule is CC(=O)C1CC(CC(=O)NC(Cc2ccc(NC(=O)c3c(Cl)cccc3Cl)cc2)C(=O)O)C1(C)C. The average molecular weight is 519 g/mol. The highest BCUT2D eigenvalue weighted by atomic mass is 35.5. The summed E-state index contributed by atoms with van der Waals surface area (Å²) in [5.41, 5.74) is 1.04. The van der Waals surface area contributed by atoms with Crippen molar-refractivity contribution in [2.75, 3.05) is 5.32 Å². The summed E-state index contributed by atoms with van der Waals surface area (Å²) in [6.45, 7) is 5.50. The van der Waals surface area contributed by atoms with E-state index in [2.05, 4.69) is 10.6 Å². The number of halogens is 2. The van der Waals surface area contributed by atoms with E-state index >= 15 is 0 Å². The zero-order valence-electron chi connectivity index (χ0n) is 19.7. The molecule has 1 aliphatic rings. The van der Waals surface area contributed by atoms with E-state index in [1.807, 2.05) is 13.8 Å². The van der Waals surface area contributed by atoms with Crippen LogP contribution in [0.3, 0.4) is 0 Å². The van der Waals surface area contributed by atoms with Gasteiger partial charge in [0.15, 0.2) is 0 Å². The van der Waals surface area contributed by atoms with Gasteiger partial charge in [-0.3, -0.25) is 14.4 Å². The van der Waals surface area contributed by atoms with Gasteiger partial charge >= 0.3 is 5.97 Å².